The van der Waals surface area contributed by atoms with Gasteiger partial charge in [0.05, 0.1) is 17.9 Å². The molecule has 0 saturated heterocycles. The standard InChI is InChI=1S/C16H12BrFN4O/c17-10-5-3-7-12-14(10)15(9-4-1-2-6-11(9)18)20-8-13(21-12)16(23)22-19/h1-7H,8,19H2,(H,22,23). The van der Waals surface area contributed by atoms with E-state index in [1.54, 1.807) is 30.3 Å². The van der Waals surface area contributed by atoms with Crippen LogP contribution in [0.3, 0.4) is 0 Å². The highest BCUT2D eigenvalue weighted by Gasteiger charge is 2.22. The number of halogens is 2. The molecule has 0 aromatic heterocycles. The van der Waals surface area contributed by atoms with Gasteiger partial charge < -0.3 is 0 Å². The first kappa shape index (κ1) is 15.5. The fourth-order valence-corrected chi connectivity index (χ4v) is 2.88. The van der Waals surface area contributed by atoms with Crippen LogP contribution in [0, 0.1) is 5.82 Å². The van der Waals surface area contributed by atoms with E-state index in [0.717, 1.165) is 4.47 Å². The van der Waals surface area contributed by atoms with Gasteiger partial charge in [-0.2, -0.15) is 0 Å². The number of hydrazine groups is 1. The van der Waals surface area contributed by atoms with Crippen molar-refractivity contribution in [2.24, 2.45) is 15.8 Å². The molecule has 0 atom stereocenters. The fourth-order valence-electron chi connectivity index (χ4n) is 2.33. The maximum Gasteiger partial charge on any atom is 0.281 e. The Kier molecular flexibility index (Phi) is 4.31. The Bertz CT molecular complexity index is 848. The summed E-state index contributed by atoms with van der Waals surface area (Å²) in [5.41, 5.74) is 4.17. The van der Waals surface area contributed by atoms with Gasteiger partial charge in [-0.05, 0) is 24.3 Å². The van der Waals surface area contributed by atoms with Crippen molar-refractivity contribution in [3.8, 4) is 0 Å². The van der Waals surface area contributed by atoms with E-state index < -0.39 is 5.91 Å². The fraction of sp³-hybridized carbons (Fsp3) is 0.0625. The highest BCUT2D eigenvalue weighted by Crippen LogP contribution is 2.32. The summed E-state index contributed by atoms with van der Waals surface area (Å²) in [6.07, 6.45) is 0. The van der Waals surface area contributed by atoms with E-state index in [1.807, 2.05) is 11.5 Å². The maximum absolute atomic E-state index is 14.2. The van der Waals surface area contributed by atoms with Crippen LogP contribution in [0.2, 0.25) is 0 Å². The van der Waals surface area contributed by atoms with Crippen molar-refractivity contribution in [3.63, 3.8) is 0 Å². The number of carbonyl (C=O) groups excluding carboxylic acids is 1. The number of amides is 1. The third kappa shape index (κ3) is 2.93. The lowest BCUT2D eigenvalue weighted by atomic mass is 10.0. The Hall–Kier alpha value is -2.38. The van der Waals surface area contributed by atoms with Gasteiger partial charge in [-0.15, -0.1) is 0 Å². The monoisotopic (exact) mass is 374 g/mol. The minimum atomic E-state index is -0.519. The number of nitrogens with zero attached hydrogens (tertiary/aromatic N) is 2. The third-order valence-corrected chi connectivity index (χ3v) is 4.05. The molecule has 3 rings (SSSR count). The summed E-state index contributed by atoms with van der Waals surface area (Å²) in [5, 5.41) is 0. The lowest BCUT2D eigenvalue weighted by Gasteiger charge is -2.11. The number of carbonyl (C=O) groups is 1. The second-order valence-corrected chi connectivity index (χ2v) is 5.66. The Morgan fingerprint density at radius 1 is 1.22 bits per heavy atom. The number of nitrogens with two attached hydrogens (primary N) is 1. The number of benzene rings is 2. The second kappa shape index (κ2) is 6.39. The van der Waals surface area contributed by atoms with Crippen LogP contribution >= 0.6 is 15.9 Å². The molecule has 0 saturated carbocycles. The number of fused-ring (bicyclic) bond motifs is 1. The van der Waals surface area contributed by atoms with E-state index in [9.17, 15) is 9.18 Å². The molecule has 1 amide bonds. The molecule has 2 aromatic rings. The number of nitrogens with one attached hydrogen (secondary N) is 1. The average Bonchev–Trinajstić information content (AvgIpc) is 2.75. The van der Waals surface area contributed by atoms with Gasteiger partial charge in [-0.25, -0.2) is 15.2 Å². The number of rotatable bonds is 2. The molecule has 3 N–H and O–H groups in total. The van der Waals surface area contributed by atoms with Crippen LogP contribution in [-0.4, -0.2) is 23.9 Å². The van der Waals surface area contributed by atoms with Crippen molar-refractivity contribution in [2.45, 2.75) is 0 Å². The van der Waals surface area contributed by atoms with Gasteiger partial charge in [-0.3, -0.25) is 15.2 Å². The first-order chi connectivity index (χ1) is 11.1. The molecule has 0 spiro atoms. The highest BCUT2D eigenvalue weighted by molar-refractivity contribution is 9.10. The van der Waals surface area contributed by atoms with Crippen LogP contribution in [0.5, 0.6) is 0 Å². The lowest BCUT2D eigenvalue weighted by molar-refractivity contribution is -0.114. The minimum Gasteiger partial charge on any atom is -0.289 e. The molecular weight excluding hydrogens is 363 g/mol. The second-order valence-electron chi connectivity index (χ2n) is 4.81. The number of aliphatic imine (C=N–C) groups is 2. The molecule has 0 radical (unpaired) electrons. The zero-order valence-electron chi connectivity index (χ0n) is 11.9. The lowest BCUT2D eigenvalue weighted by Crippen LogP contribution is -2.37. The van der Waals surface area contributed by atoms with Crippen molar-refractivity contribution < 1.29 is 9.18 Å². The minimum absolute atomic E-state index is 0.00776. The summed E-state index contributed by atoms with van der Waals surface area (Å²) >= 11 is 3.46. The molecule has 0 aliphatic carbocycles. The number of hydrogen-bond acceptors (Lipinski definition) is 4. The van der Waals surface area contributed by atoms with Crippen LogP contribution in [0.15, 0.2) is 56.9 Å². The molecule has 7 heteroatoms. The molecule has 0 fully saturated rings. The van der Waals surface area contributed by atoms with Gasteiger partial charge in [-0.1, -0.05) is 34.1 Å². The van der Waals surface area contributed by atoms with Crippen LogP contribution in [0.1, 0.15) is 11.1 Å². The SMILES string of the molecule is NNC(=O)C1=Nc2cccc(Br)c2C(c2ccccc2F)=NC1. The molecule has 5 nitrogen and oxygen atoms in total. The quantitative estimate of drug-likeness (QED) is 0.481. The van der Waals surface area contributed by atoms with Crippen LogP contribution < -0.4 is 11.3 Å². The van der Waals surface area contributed by atoms with E-state index in [4.69, 9.17) is 5.84 Å². The summed E-state index contributed by atoms with van der Waals surface area (Å²) in [5.74, 6) is 4.27. The van der Waals surface area contributed by atoms with Crippen LogP contribution in [-0.2, 0) is 4.79 Å². The average molecular weight is 375 g/mol. The Morgan fingerprint density at radius 3 is 2.74 bits per heavy atom. The van der Waals surface area contributed by atoms with Crippen molar-refractivity contribution in [1.29, 1.82) is 0 Å². The van der Waals surface area contributed by atoms with Gasteiger partial charge in [0.15, 0.2) is 0 Å². The number of hydrogen-bond donors (Lipinski definition) is 2. The predicted octanol–water partition coefficient (Wildman–Crippen LogP) is 2.50. The topological polar surface area (TPSA) is 79.8 Å². The summed E-state index contributed by atoms with van der Waals surface area (Å²) < 4.78 is 14.9. The zero-order chi connectivity index (χ0) is 16.4. The maximum atomic E-state index is 14.2. The summed E-state index contributed by atoms with van der Waals surface area (Å²) in [7, 11) is 0. The Labute approximate surface area is 140 Å². The van der Waals surface area contributed by atoms with Crippen LogP contribution in [0.4, 0.5) is 10.1 Å². The highest BCUT2D eigenvalue weighted by atomic mass is 79.9. The largest absolute Gasteiger partial charge is 0.289 e. The molecule has 0 unspecified atom stereocenters. The molecule has 23 heavy (non-hydrogen) atoms. The zero-order valence-corrected chi connectivity index (χ0v) is 13.5. The first-order valence-electron chi connectivity index (χ1n) is 6.78. The van der Waals surface area contributed by atoms with E-state index in [0.29, 0.717) is 22.5 Å². The van der Waals surface area contributed by atoms with Gasteiger partial charge in [0.2, 0.25) is 0 Å². The normalized spacial score (nSPS) is 13.5. The van der Waals surface area contributed by atoms with Crippen LogP contribution in [0.25, 0.3) is 0 Å². The van der Waals surface area contributed by atoms with Gasteiger partial charge in [0.25, 0.3) is 5.91 Å². The van der Waals surface area contributed by atoms with Crippen molar-refractivity contribution in [1.82, 2.24) is 5.43 Å². The predicted molar refractivity (Wildman–Crippen MR) is 90.5 cm³/mol. The van der Waals surface area contributed by atoms with Crippen molar-refractivity contribution in [3.05, 3.63) is 63.9 Å². The molecule has 116 valence electrons. The molecule has 1 heterocycles. The van der Waals surface area contributed by atoms with Crippen molar-refractivity contribution >= 4 is 38.9 Å². The van der Waals surface area contributed by atoms with Gasteiger partial charge in [0.1, 0.15) is 11.5 Å². The van der Waals surface area contributed by atoms with E-state index in [1.165, 1.54) is 6.07 Å². The third-order valence-electron chi connectivity index (χ3n) is 3.39. The summed E-state index contributed by atoms with van der Waals surface area (Å²) in [6, 6.07) is 11.7. The van der Waals surface area contributed by atoms with Gasteiger partial charge >= 0.3 is 0 Å². The van der Waals surface area contributed by atoms with E-state index in [-0.39, 0.29) is 18.1 Å². The Morgan fingerprint density at radius 2 is 2.00 bits per heavy atom. The smallest absolute Gasteiger partial charge is 0.281 e. The van der Waals surface area contributed by atoms with Gasteiger partial charge in [0, 0.05) is 15.6 Å². The van der Waals surface area contributed by atoms with Crippen molar-refractivity contribution in [2.75, 3.05) is 6.54 Å². The molecule has 2 aromatic carbocycles. The summed E-state index contributed by atoms with van der Waals surface area (Å²) in [4.78, 5) is 20.5. The Balaban J connectivity index is 2.24. The molecule has 1 aliphatic rings. The van der Waals surface area contributed by atoms with E-state index >= 15 is 0 Å². The van der Waals surface area contributed by atoms with E-state index in [2.05, 4.69) is 25.9 Å². The summed E-state index contributed by atoms with van der Waals surface area (Å²) in [6.45, 7) is 0.00776. The first-order valence-corrected chi connectivity index (χ1v) is 7.58. The molecule has 0 bridgehead atoms. The molecular formula is C16H12BrFN4O. The molecule has 1 aliphatic heterocycles.